The molecule has 1 aliphatic heterocycles. The first-order chi connectivity index (χ1) is 8.80. The topological polar surface area (TPSA) is 66.6 Å². The largest absolute Gasteiger partial charge is 0.478 e. The number of nitrogen functional groups attached to an aromatic ring is 1. The number of piperidine rings is 1. The zero-order valence-corrected chi connectivity index (χ0v) is 11.2. The minimum atomic E-state index is -1.30. The molecule has 1 saturated heterocycles. The fourth-order valence-electron chi connectivity index (χ4n) is 2.37. The van der Waals surface area contributed by atoms with Gasteiger partial charge in [-0.05, 0) is 24.3 Å². The molecule has 5 heteroatoms. The molecule has 0 amide bonds. The molecule has 0 bridgehead atoms. The maximum Gasteiger partial charge on any atom is 0.338 e. The lowest BCUT2D eigenvalue weighted by Crippen LogP contribution is -2.37. The van der Waals surface area contributed by atoms with Crippen LogP contribution in [0.5, 0.6) is 0 Å². The van der Waals surface area contributed by atoms with Gasteiger partial charge in [0.2, 0.25) is 0 Å². The SMILES string of the molecule is CC1(C)CCN(c2cc(F)c(C(=O)O)cc2N)CC1. The fraction of sp³-hybridized carbons (Fsp3) is 0.500. The third kappa shape index (κ3) is 2.80. The number of anilines is 2. The molecule has 1 aromatic carbocycles. The van der Waals surface area contributed by atoms with Crippen molar-refractivity contribution in [2.75, 3.05) is 23.7 Å². The highest BCUT2D eigenvalue weighted by Crippen LogP contribution is 2.35. The molecule has 2 rings (SSSR count). The van der Waals surface area contributed by atoms with E-state index in [1.54, 1.807) is 0 Å². The summed E-state index contributed by atoms with van der Waals surface area (Å²) in [6, 6.07) is 2.43. The third-order valence-electron chi connectivity index (χ3n) is 3.80. The van der Waals surface area contributed by atoms with E-state index >= 15 is 0 Å². The molecule has 0 unspecified atom stereocenters. The highest BCUT2D eigenvalue weighted by molar-refractivity contribution is 5.91. The van der Waals surface area contributed by atoms with E-state index in [0.29, 0.717) is 16.8 Å². The molecule has 104 valence electrons. The average Bonchev–Trinajstić information content (AvgIpc) is 2.31. The van der Waals surface area contributed by atoms with Crippen molar-refractivity contribution >= 4 is 17.3 Å². The normalized spacial score (nSPS) is 18.4. The van der Waals surface area contributed by atoms with E-state index in [2.05, 4.69) is 13.8 Å². The minimum absolute atomic E-state index is 0.296. The molecule has 1 aromatic rings. The summed E-state index contributed by atoms with van der Waals surface area (Å²) in [7, 11) is 0. The third-order valence-corrected chi connectivity index (χ3v) is 3.80. The second kappa shape index (κ2) is 4.72. The molecule has 1 heterocycles. The molecule has 0 saturated carbocycles. The maximum absolute atomic E-state index is 13.7. The van der Waals surface area contributed by atoms with Crippen LogP contribution in [0.1, 0.15) is 37.0 Å². The van der Waals surface area contributed by atoms with Gasteiger partial charge in [0.15, 0.2) is 0 Å². The molecule has 1 fully saturated rings. The predicted octanol–water partition coefficient (Wildman–Crippen LogP) is 2.73. The van der Waals surface area contributed by atoms with Crippen LogP contribution in [0.15, 0.2) is 12.1 Å². The van der Waals surface area contributed by atoms with E-state index < -0.39 is 11.8 Å². The Morgan fingerprint density at radius 1 is 1.37 bits per heavy atom. The van der Waals surface area contributed by atoms with E-state index in [1.807, 2.05) is 4.90 Å². The molecule has 0 radical (unpaired) electrons. The number of nitrogens with two attached hydrogens (primary N) is 1. The van der Waals surface area contributed by atoms with Crippen molar-refractivity contribution in [2.45, 2.75) is 26.7 Å². The van der Waals surface area contributed by atoms with Crippen LogP contribution < -0.4 is 10.6 Å². The van der Waals surface area contributed by atoms with Gasteiger partial charge in [0.05, 0.1) is 16.9 Å². The monoisotopic (exact) mass is 266 g/mol. The Labute approximate surface area is 112 Å². The van der Waals surface area contributed by atoms with Crippen molar-refractivity contribution < 1.29 is 14.3 Å². The molecular formula is C14H19FN2O2. The summed E-state index contributed by atoms with van der Waals surface area (Å²) in [5.74, 6) is -2.03. The predicted molar refractivity (Wildman–Crippen MR) is 73.0 cm³/mol. The van der Waals surface area contributed by atoms with Crippen LogP contribution >= 0.6 is 0 Å². The zero-order valence-electron chi connectivity index (χ0n) is 11.2. The first-order valence-electron chi connectivity index (χ1n) is 6.37. The smallest absolute Gasteiger partial charge is 0.338 e. The number of aromatic carboxylic acids is 1. The number of carboxylic acids is 1. The van der Waals surface area contributed by atoms with E-state index in [0.717, 1.165) is 25.9 Å². The number of carboxylic acid groups (broad SMARTS) is 1. The molecule has 0 atom stereocenters. The van der Waals surface area contributed by atoms with Crippen molar-refractivity contribution in [1.82, 2.24) is 0 Å². The summed E-state index contributed by atoms with van der Waals surface area (Å²) in [5.41, 5.74) is 6.69. The van der Waals surface area contributed by atoms with Crippen molar-refractivity contribution in [3.8, 4) is 0 Å². The Balaban J connectivity index is 2.27. The quantitative estimate of drug-likeness (QED) is 0.808. The summed E-state index contributed by atoms with van der Waals surface area (Å²) in [6.07, 6.45) is 2.02. The van der Waals surface area contributed by atoms with Gasteiger partial charge in [0.1, 0.15) is 5.82 Å². The summed E-state index contributed by atoms with van der Waals surface area (Å²) < 4.78 is 13.7. The van der Waals surface area contributed by atoms with Crippen molar-refractivity contribution in [3.05, 3.63) is 23.5 Å². The van der Waals surface area contributed by atoms with Gasteiger partial charge < -0.3 is 15.7 Å². The summed E-state index contributed by atoms with van der Waals surface area (Å²) in [4.78, 5) is 12.9. The standard InChI is InChI=1S/C14H19FN2O2/c1-14(2)3-5-17(6-4-14)12-8-10(15)9(13(18)19)7-11(12)16/h7-8H,3-6,16H2,1-2H3,(H,18,19). The first kappa shape index (κ1) is 13.6. The minimum Gasteiger partial charge on any atom is -0.478 e. The summed E-state index contributed by atoms with van der Waals surface area (Å²) in [5, 5.41) is 8.85. The van der Waals surface area contributed by atoms with Gasteiger partial charge in [-0.2, -0.15) is 0 Å². The molecule has 0 aromatic heterocycles. The van der Waals surface area contributed by atoms with Crippen molar-refractivity contribution in [3.63, 3.8) is 0 Å². The average molecular weight is 266 g/mol. The Morgan fingerprint density at radius 3 is 2.47 bits per heavy atom. The number of nitrogens with zero attached hydrogens (tertiary/aromatic N) is 1. The number of hydrogen-bond acceptors (Lipinski definition) is 3. The van der Waals surface area contributed by atoms with Crippen LogP contribution in [0.25, 0.3) is 0 Å². The van der Waals surface area contributed by atoms with Crippen LogP contribution in [0.4, 0.5) is 15.8 Å². The zero-order chi connectivity index (χ0) is 14.2. The number of benzene rings is 1. The number of hydrogen-bond donors (Lipinski definition) is 2. The van der Waals surface area contributed by atoms with Gasteiger partial charge in [-0.3, -0.25) is 0 Å². The summed E-state index contributed by atoms with van der Waals surface area (Å²) >= 11 is 0. The maximum atomic E-state index is 13.7. The Hall–Kier alpha value is -1.78. The van der Waals surface area contributed by atoms with E-state index in [-0.39, 0.29) is 5.56 Å². The van der Waals surface area contributed by atoms with Gasteiger partial charge in [-0.15, -0.1) is 0 Å². The van der Waals surface area contributed by atoms with Crippen molar-refractivity contribution in [1.29, 1.82) is 0 Å². The second-order valence-corrected chi connectivity index (χ2v) is 5.85. The van der Waals surface area contributed by atoms with Gasteiger partial charge in [-0.25, -0.2) is 9.18 Å². The lowest BCUT2D eigenvalue weighted by molar-refractivity contribution is 0.0692. The van der Waals surface area contributed by atoms with Crippen molar-refractivity contribution in [2.24, 2.45) is 5.41 Å². The second-order valence-electron chi connectivity index (χ2n) is 5.85. The van der Waals surface area contributed by atoms with Gasteiger partial charge in [0.25, 0.3) is 0 Å². The number of carbonyl (C=O) groups is 1. The molecule has 0 spiro atoms. The molecule has 1 aliphatic rings. The van der Waals surface area contributed by atoms with E-state index in [4.69, 9.17) is 10.8 Å². The molecule has 3 N–H and O–H groups in total. The van der Waals surface area contributed by atoms with Gasteiger partial charge >= 0.3 is 5.97 Å². The van der Waals surface area contributed by atoms with Crippen LogP contribution in [-0.4, -0.2) is 24.2 Å². The molecule has 19 heavy (non-hydrogen) atoms. The van der Waals surface area contributed by atoms with Crippen LogP contribution in [-0.2, 0) is 0 Å². The van der Waals surface area contributed by atoms with E-state index in [1.165, 1.54) is 12.1 Å². The number of rotatable bonds is 2. The Kier molecular flexibility index (Phi) is 3.39. The highest BCUT2D eigenvalue weighted by Gasteiger charge is 2.27. The Morgan fingerprint density at radius 2 is 1.95 bits per heavy atom. The lowest BCUT2D eigenvalue weighted by atomic mass is 9.82. The Bertz CT molecular complexity index is 504. The fourth-order valence-corrected chi connectivity index (χ4v) is 2.37. The van der Waals surface area contributed by atoms with Gasteiger partial charge in [-0.1, -0.05) is 13.8 Å². The lowest BCUT2D eigenvalue weighted by Gasteiger charge is -2.38. The first-order valence-corrected chi connectivity index (χ1v) is 6.37. The molecule has 4 nitrogen and oxygen atoms in total. The van der Waals surface area contributed by atoms with Crippen LogP contribution in [0, 0.1) is 11.2 Å². The van der Waals surface area contributed by atoms with Crippen LogP contribution in [0.3, 0.4) is 0 Å². The highest BCUT2D eigenvalue weighted by atomic mass is 19.1. The molecule has 0 aliphatic carbocycles. The number of halogens is 1. The van der Waals surface area contributed by atoms with Gasteiger partial charge in [0, 0.05) is 19.2 Å². The van der Waals surface area contributed by atoms with E-state index in [9.17, 15) is 9.18 Å². The summed E-state index contributed by atoms with van der Waals surface area (Å²) in [6.45, 7) is 6.04. The van der Waals surface area contributed by atoms with Crippen LogP contribution in [0.2, 0.25) is 0 Å². The molecular weight excluding hydrogens is 247 g/mol.